The Balaban J connectivity index is 1.49. The summed E-state index contributed by atoms with van der Waals surface area (Å²) >= 11 is 0. The van der Waals surface area contributed by atoms with E-state index in [1.54, 1.807) is 18.2 Å². The van der Waals surface area contributed by atoms with E-state index >= 15 is 0 Å². The summed E-state index contributed by atoms with van der Waals surface area (Å²) in [4.78, 5) is 32.6. The van der Waals surface area contributed by atoms with Gasteiger partial charge in [-0.05, 0) is 17.7 Å². The zero-order valence-electron chi connectivity index (χ0n) is 16.3. The van der Waals surface area contributed by atoms with E-state index in [-0.39, 0.29) is 18.0 Å². The molecule has 4 heterocycles. The molecule has 2 aromatic heterocycles. The first kappa shape index (κ1) is 18.7. The molecule has 9 nitrogen and oxygen atoms in total. The zero-order chi connectivity index (χ0) is 20.7. The average Bonchev–Trinajstić information content (AvgIpc) is 3.19. The number of ether oxygens (including phenoxy) is 1. The van der Waals surface area contributed by atoms with Gasteiger partial charge in [0.1, 0.15) is 5.65 Å². The van der Waals surface area contributed by atoms with Gasteiger partial charge < -0.3 is 9.64 Å². The molecule has 5 rings (SSSR count). The van der Waals surface area contributed by atoms with E-state index in [2.05, 4.69) is 22.0 Å². The van der Waals surface area contributed by atoms with Gasteiger partial charge in [-0.25, -0.2) is 4.98 Å². The molecule has 0 amide bonds. The molecule has 3 aromatic rings. The highest BCUT2D eigenvalue weighted by atomic mass is 16.6. The van der Waals surface area contributed by atoms with E-state index < -0.39 is 16.2 Å². The van der Waals surface area contributed by atoms with Gasteiger partial charge in [-0.15, -0.1) is 0 Å². The Kier molecular flexibility index (Phi) is 4.68. The summed E-state index contributed by atoms with van der Waals surface area (Å²) in [6.07, 6.45) is 1.41. The Labute approximate surface area is 172 Å². The summed E-state index contributed by atoms with van der Waals surface area (Å²) in [6, 6.07) is 15.4. The molecule has 9 heteroatoms. The largest absolute Gasteiger partial charge is 0.376 e. The number of nitro groups is 1. The van der Waals surface area contributed by atoms with Crippen LogP contribution in [0.15, 0.2) is 59.5 Å². The number of anilines is 1. The van der Waals surface area contributed by atoms with Gasteiger partial charge in [0.2, 0.25) is 5.82 Å². The SMILES string of the molecule is O=c1c([N+](=O)[O-])c(N2CC3OCCN(Cc4ccccc4)C3C2)nc2ccccn12. The smallest absolute Gasteiger partial charge is 0.373 e. The quantitative estimate of drug-likeness (QED) is 0.480. The standard InChI is InChI=1S/C21H21N5O4/c27-21-19(26(28)29)20(22-18-8-4-5-9-25(18)21)24-13-16-17(14-24)30-11-10-23(16)12-15-6-2-1-3-7-15/h1-9,16-17H,10-14H2. The summed E-state index contributed by atoms with van der Waals surface area (Å²) < 4.78 is 7.19. The third-order valence-electron chi connectivity index (χ3n) is 5.82. The summed E-state index contributed by atoms with van der Waals surface area (Å²) in [5.41, 5.74) is 0.439. The summed E-state index contributed by atoms with van der Waals surface area (Å²) in [5, 5.41) is 11.7. The maximum Gasteiger partial charge on any atom is 0.376 e. The molecular weight excluding hydrogens is 386 g/mol. The van der Waals surface area contributed by atoms with Crippen LogP contribution in [-0.4, -0.2) is 57.6 Å². The summed E-state index contributed by atoms with van der Waals surface area (Å²) in [7, 11) is 0. The second-order valence-electron chi connectivity index (χ2n) is 7.61. The lowest BCUT2D eigenvalue weighted by Crippen LogP contribution is -2.50. The molecule has 0 bridgehead atoms. The number of aromatic nitrogens is 2. The second kappa shape index (κ2) is 7.51. The third-order valence-corrected chi connectivity index (χ3v) is 5.82. The van der Waals surface area contributed by atoms with Crippen LogP contribution in [0, 0.1) is 10.1 Å². The number of benzene rings is 1. The third kappa shape index (κ3) is 3.21. The topological polar surface area (TPSA) is 93.2 Å². The molecule has 154 valence electrons. The van der Waals surface area contributed by atoms with Crippen molar-refractivity contribution in [2.45, 2.75) is 18.7 Å². The van der Waals surface area contributed by atoms with Crippen molar-refractivity contribution in [3.8, 4) is 0 Å². The zero-order valence-corrected chi connectivity index (χ0v) is 16.3. The second-order valence-corrected chi connectivity index (χ2v) is 7.61. The van der Waals surface area contributed by atoms with Crippen molar-refractivity contribution in [1.82, 2.24) is 14.3 Å². The van der Waals surface area contributed by atoms with E-state index in [0.29, 0.717) is 25.3 Å². The Morgan fingerprint density at radius 2 is 1.93 bits per heavy atom. The summed E-state index contributed by atoms with van der Waals surface area (Å²) in [5.74, 6) is 0.119. The van der Waals surface area contributed by atoms with E-state index in [9.17, 15) is 14.9 Å². The van der Waals surface area contributed by atoms with E-state index in [1.165, 1.54) is 16.2 Å². The van der Waals surface area contributed by atoms with Gasteiger partial charge in [-0.1, -0.05) is 36.4 Å². The van der Waals surface area contributed by atoms with Crippen LogP contribution in [0.4, 0.5) is 11.5 Å². The molecule has 30 heavy (non-hydrogen) atoms. The molecule has 2 unspecified atom stereocenters. The number of hydrogen-bond donors (Lipinski definition) is 0. The van der Waals surface area contributed by atoms with Gasteiger partial charge in [0.05, 0.1) is 23.7 Å². The fraction of sp³-hybridized carbons (Fsp3) is 0.333. The highest BCUT2D eigenvalue weighted by Crippen LogP contribution is 2.31. The van der Waals surface area contributed by atoms with Crippen LogP contribution in [0.5, 0.6) is 0 Å². The molecule has 0 N–H and O–H groups in total. The molecule has 2 fully saturated rings. The van der Waals surface area contributed by atoms with Crippen LogP contribution in [0.3, 0.4) is 0 Å². The number of rotatable bonds is 4. The molecule has 1 aromatic carbocycles. The number of pyridine rings is 1. The maximum atomic E-state index is 12.8. The number of nitrogens with zero attached hydrogens (tertiary/aromatic N) is 5. The molecule has 2 aliphatic rings. The van der Waals surface area contributed by atoms with Crippen molar-refractivity contribution in [3.05, 3.63) is 80.8 Å². The number of morpholine rings is 1. The van der Waals surface area contributed by atoms with Gasteiger partial charge in [0.15, 0.2) is 0 Å². The lowest BCUT2D eigenvalue weighted by atomic mass is 10.1. The average molecular weight is 407 g/mol. The molecular formula is C21H21N5O4. The van der Waals surface area contributed by atoms with E-state index in [1.807, 2.05) is 23.1 Å². The molecule has 2 atom stereocenters. The van der Waals surface area contributed by atoms with Crippen LogP contribution >= 0.6 is 0 Å². The number of fused-ring (bicyclic) bond motifs is 2. The van der Waals surface area contributed by atoms with Crippen molar-refractivity contribution in [2.75, 3.05) is 31.1 Å². The van der Waals surface area contributed by atoms with Gasteiger partial charge in [0, 0.05) is 32.4 Å². The van der Waals surface area contributed by atoms with Crippen LogP contribution in [-0.2, 0) is 11.3 Å². The van der Waals surface area contributed by atoms with Gasteiger partial charge in [0.25, 0.3) is 0 Å². The van der Waals surface area contributed by atoms with Crippen molar-refractivity contribution in [2.24, 2.45) is 0 Å². The highest BCUT2D eigenvalue weighted by molar-refractivity contribution is 5.62. The molecule has 0 aliphatic carbocycles. The Morgan fingerprint density at radius 1 is 1.13 bits per heavy atom. The minimum absolute atomic E-state index is 0.0783. The molecule has 2 saturated heterocycles. The molecule has 2 aliphatic heterocycles. The Morgan fingerprint density at radius 3 is 2.73 bits per heavy atom. The van der Waals surface area contributed by atoms with Crippen molar-refractivity contribution in [1.29, 1.82) is 0 Å². The van der Waals surface area contributed by atoms with Crippen molar-refractivity contribution in [3.63, 3.8) is 0 Å². The number of hydrogen-bond acceptors (Lipinski definition) is 7. The van der Waals surface area contributed by atoms with Gasteiger partial charge in [-0.2, -0.15) is 0 Å². The van der Waals surface area contributed by atoms with E-state index in [4.69, 9.17) is 4.74 Å². The molecule has 0 saturated carbocycles. The van der Waals surface area contributed by atoms with Crippen LogP contribution in [0.1, 0.15) is 5.56 Å². The summed E-state index contributed by atoms with van der Waals surface area (Å²) in [6.45, 7) is 3.17. The fourth-order valence-corrected chi connectivity index (χ4v) is 4.39. The van der Waals surface area contributed by atoms with E-state index in [0.717, 1.165) is 13.1 Å². The Hall–Kier alpha value is -3.30. The van der Waals surface area contributed by atoms with Crippen LogP contribution < -0.4 is 10.5 Å². The highest BCUT2D eigenvalue weighted by Gasteiger charge is 2.43. The predicted molar refractivity (Wildman–Crippen MR) is 111 cm³/mol. The monoisotopic (exact) mass is 407 g/mol. The normalized spacial score (nSPS) is 21.7. The van der Waals surface area contributed by atoms with Gasteiger partial charge in [-0.3, -0.25) is 24.2 Å². The Bertz CT molecular complexity index is 1150. The fourth-order valence-electron chi connectivity index (χ4n) is 4.39. The molecule has 0 spiro atoms. The first-order valence-corrected chi connectivity index (χ1v) is 9.92. The van der Waals surface area contributed by atoms with Crippen molar-refractivity contribution >= 4 is 17.2 Å². The van der Waals surface area contributed by atoms with Crippen LogP contribution in [0.2, 0.25) is 0 Å². The minimum atomic E-state index is -0.669. The van der Waals surface area contributed by atoms with Gasteiger partial charge >= 0.3 is 11.2 Å². The first-order chi connectivity index (χ1) is 14.6. The lowest BCUT2D eigenvalue weighted by molar-refractivity contribution is -0.385. The lowest BCUT2D eigenvalue weighted by Gasteiger charge is -2.36. The maximum absolute atomic E-state index is 12.8. The van der Waals surface area contributed by atoms with Crippen molar-refractivity contribution < 1.29 is 9.66 Å². The molecule has 0 radical (unpaired) electrons. The predicted octanol–water partition coefficient (Wildman–Crippen LogP) is 1.69. The minimum Gasteiger partial charge on any atom is -0.373 e. The first-order valence-electron chi connectivity index (χ1n) is 9.92. The van der Waals surface area contributed by atoms with Crippen LogP contribution in [0.25, 0.3) is 5.65 Å².